The van der Waals surface area contributed by atoms with Gasteiger partial charge in [0.25, 0.3) is 0 Å². The van der Waals surface area contributed by atoms with Crippen LogP contribution in [0.1, 0.15) is 12.0 Å². The molecule has 0 aromatic heterocycles. The minimum Gasteiger partial charge on any atom is -0.495 e. The van der Waals surface area contributed by atoms with Gasteiger partial charge in [0, 0.05) is 12.6 Å². The highest BCUT2D eigenvalue weighted by Gasteiger charge is 2.03. The number of ether oxygens (including phenoxy) is 2. The number of hydrogen-bond donors (Lipinski definition) is 1. The lowest BCUT2D eigenvalue weighted by Gasteiger charge is -2.11. The van der Waals surface area contributed by atoms with E-state index >= 15 is 0 Å². The van der Waals surface area contributed by atoms with Gasteiger partial charge < -0.3 is 14.8 Å². The van der Waals surface area contributed by atoms with E-state index in [-0.39, 0.29) is 0 Å². The molecule has 108 valence electrons. The van der Waals surface area contributed by atoms with Gasteiger partial charge in [-0.2, -0.15) is 5.26 Å². The summed E-state index contributed by atoms with van der Waals surface area (Å²) in [6, 6.07) is 17.2. The second-order valence-corrected chi connectivity index (χ2v) is 4.47. The fourth-order valence-electron chi connectivity index (χ4n) is 1.91. The van der Waals surface area contributed by atoms with Gasteiger partial charge in [0.1, 0.15) is 11.5 Å². The first kappa shape index (κ1) is 14.7. The highest BCUT2D eigenvalue weighted by molar-refractivity contribution is 5.59. The van der Waals surface area contributed by atoms with Crippen molar-refractivity contribution in [2.45, 2.75) is 6.42 Å². The zero-order valence-corrected chi connectivity index (χ0v) is 12.0. The molecule has 0 saturated heterocycles. The molecule has 0 aliphatic heterocycles. The Morgan fingerprint density at radius 3 is 2.67 bits per heavy atom. The van der Waals surface area contributed by atoms with Gasteiger partial charge in [0.15, 0.2) is 0 Å². The average Bonchev–Trinajstić information content (AvgIpc) is 2.55. The lowest BCUT2D eigenvalue weighted by atomic mass is 10.2. The topological polar surface area (TPSA) is 54.3 Å². The van der Waals surface area contributed by atoms with Crippen LogP contribution < -0.4 is 14.8 Å². The van der Waals surface area contributed by atoms with Gasteiger partial charge in [0.05, 0.1) is 31.0 Å². The second-order valence-electron chi connectivity index (χ2n) is 4.47. The fraction of sp³-hybridized carbons (Fsp3) is 0.235. The van der Waals surface area contributed by atoms with Crippen molar-refractivity contribution < 1.29 is 9.47 Å². The number of nitrogens with one attached hydrogen (secondary N) is 1. The van der Waals surface area contributed by atoms with E-state index in [1.807, 2.05) is 36.4 Å². The molecule has 0 aliphatic rings. The van der Waals surface area contributed by atoms with Gasteiger partial charge in [-0.05, 0) is 30.7 Å². The van der Waals surface area contributed by atoms with Crippen LogP contribution in [-0.4, -0.2) is 20.3 Å². The fourth-order valence-corrected chi connectivity index (χ4v) is 1.91. The summed E-state index contributed by atoms with van der Waals surface area (Å²) in [6.45, 7) is 1.42. The van der Waals surface area contributed by atoms with E-state index in [4.69, 9.17) is 14.7 Å². The number of nitrogens with zero attached hydrogens (tertiary/aromatic N) is 1. The summed E-state index contributed by atoms with van der Waals surface area (Å²) in [6.07, 6.45) is 0.873. The van der Waals surface area contributed by atoms with Crippen molar-refractivity contribution in [2.24, 2.45) is 0 Å². The van der Waals surface area contributed by atoms with Crippen LogP contribution in [0.25, 0.3) is 0 Å². The van der Waals surface area contributed by atoms with Crippen molar-refractivity contribution in [1.29, 1.82) is 5.26 Å². The summed E-state index contributed by atoms with van der Waals surface area (Å²) >= 11 is 0. The van der Waals surface area contributed by atoms with Crippen LogP contribution in [0, 0.1) is 11.3 Å². The van der Waals surface area contributed by atoms with E-state index in [2.05, 4.69) is 11.4 Å². The van der Waals surface area contributed by atoms with Gasteiger partial charge in [-0.25, -0.2) is 0 Å². The average molecular weight is 282 g/mol. The molecule has 4 heteroatoms. The molecule has 2 aromatic carbocycles. The van der Waals surface area contributed by atoms with E-state index in [0.717, 1.165) is 24.4 Å². The Hall–Kier alpha value is -2.67. The molecule has 0 bridgehead atoms. The van der Waals surface area contributed by atoms with Crippen LogP contribution in [0.3, 0.4) is 0 Å². The minimum absolute atomic E-state index is 0.588. The van der Waals surface area contributed by atoms with Crippen LogP contribution in [0.2, 0.25) is 0 Å². The highest BCUT2D eigenvalue weighted by Crippen LogP contribution is 2.25. The summed E-state index contributed by atoms with van der Waals surface area (Å²) in [5, 5.41) is 12.1. The molecule has 2 aromatic rings. The molecule has 0 spiro atoms. The largest absolute Gasteiger partial charge is 0.495 e. The predicted molar refractivity (Wildman–Crippen MR) is 82.8 cm³/mol. The summed E-state index contributed by atoms with van der Waals surface area (Å²) in [7, 11) is 1.60. The van der Waals surface area contributed by atoms with Crippen LogP contribution in [-0.2, 0) is 0 Å². The van der Waals surface area contributed by atoms with Crippen molar-refractivity contribution in [1.82, 2.24) is 0 Å². The van der Waals surface area contributed by atoms with E-state index in [1.165, 1.54) is 0 Å². The quantitative estimate of drug-likeness (QED) is 0.790. The molecule has 0 atom stereocenters. The van der Waals surface area contributed by atoms with E-state index < -0.39 is 0 Å². The van der Waals surface area contributed by atoms with Gasteiger partial charge in [-0.3, -0.25) is 0 Å². The molecule has 0 heterocycles. The molecular formula is C17H18N2O2. The minimum atomic E-state index is 0.588. The van der Waals surface area contributed by atoms with Crippen LogP contribution in [0.15, 0.2) is 48.5 Å². The second kappa shape index (κ2) is 7.81. The monoisotopic (exact) mass is 282 g/mol. The normalized spacial score (nSPS) is 9.71. The molecule has 1 N–H and O–H groups in total. The zero-order chi connectivity index (χ0) is 14.9. The maximum absolute atomic E-state index is 8.86. The number of nitriles is 1. The Morgan fingerprint density at radius 2 is 1.95 bits per heavy atom. The predicted octanol–water partition coefficient (Wildman–Crippen LogP) is 3.45. The Labute approximate surface area is 124 Å². The van der Waals surface area contributed by atoms with Crippen molar-refractivity contribution in [3.05, 3.63) is 54.1 Å². The lowest BCUT2D eigenvalue weighted by Crippen LogP contribution is -2.08. The maximum atomic E-state index is 8.86. The van der Waals surface area contributed by atoms with Crippen molar-refractivity contribution in [3.8, 4) is 17.6 Å². The van der Waals surface area contributed by atoms with Crippen LogP contribution in [0.4, 0.5) is 5.69 Å². The molecule has 0 amide bonds. The van der Waals surface area contributed by atoms with Gasteiger partial charge in [-0.1, -0.05) is 18.2 Å². The van der Waals surface area contributed by atoms with Crippen molar-refractivity contribution in [3.63, 3.8) is 0 Å². The molecule has 0 aliphatic carbocycles. The third kappa shape index (κ3) is 4.43. The third-order valence-electron chi connectivity index (χ3n) is 2.98. The Balaban J connectivity index is 1.77. The molecule has 0 saturated carbocycles. The summed E-state index contributed by atoms with van der Waals surface area (Å²) < 4.78 is 10.9. The SMILES string of the molecule is COc1cc(C#N)ccc1NCCCOc1ccccc1. The molecule has 0 fully saturated rings. The van der Waals surface area contributed by atoms with Gasteiger partial charge >= 0.3 is 0 Å². The summed E-state index contributed by atoms with van der Waals surface area (Å²) in [5.74, 6) is 1.56. The van der Waals surface area contributed by atoms with Gasteiger partial charge in [-0.15, -0.1) is 0 Å². The third-order valence-corrected chi connectivity index (χ3v) is 2.98. The molecule has 2 rings (SSSR count). The maximum Gasteiger partial charge on any atom is 0.143 e. The first-order valence-electron chi connectivity index (χ1n) is 6.83. The summed E-state index contributed by atoms with van der Waals surface area (Å²) in [5.41, 5.74) is 1.47. The number of para-hydroxylation sites is 1. The highest BCUT2D eigenvalue weighted by atomic mass is 16.5. The number of anilines is 1. The standard InChI is InChI=1S/C17H18N2O2/c1-20-17-12-14(13-18)8-9-16(17)19-10-5-11-21-15-6-3-2-4-7-15/h2-4,6-9,12,19H,5,10-11H2,1H3. The Morgan fingerprint density at radius 1 is 1.14 bits per heavy atom. The number of methoxy groups -OCH3 is 1. The first-order chi connectivity index (χ1) is 10.3. The Bertz CT molecular complexity index is 606. The van der Waals surface area contributed by atoms with Crippen molar-refractivity contribution >= 4 is 5.69 Å². The first-order valence-corrected chi connectivity index (χ1v) is 6.83. The summed E-state index contributed by atoms with van der Waals surface area (Å²) in [4.78, 5) is 0. The van der Waals surface area contributed by atoms with Crippen LogP contribution in [0.5, 0.6) is 11.5 Å². The lowest BCUT2D eigenvalue weighted by molar-refractivity contribution is 0.315. The van der Waals surface area contributed by atoms with Crippen molar-refractivity contribution in [2.75, 3.05) is 25.6 Å². The Kier molecular flexibility index (Phi) is 5.48. The van der Waals surface area contributed by atoms with E-state index in [9.17, 15) is 0 Å². The molecule has 0 unspecified atom stereocenters. The zero-order valence-electron chi connectivity index (χ0n) is 12.0. The number of hydrogen-bond acceptors (Lipinski definition) is 4. The van der Waals surface area contributed by atoms with E-state index in [1.54, 1.807) is 19.2 Å². The number of benzene rings is 2. The molecule has 4 nitrogen and oxygen atoms in total. The van der Waals surface area contributed by atoms with Gasteiger partial charge in [0.2, 0.25) is 0 Å². The van der Waals surface area contributed by atoms with E-state index in [0.29, 0.717) is 17.9 Å². The van der Waals surface area contributed by atoms with Crippen LogP contribution >= 0.6 is 0 Å². The smallest absolute Gasteiger partial charge is 0.143 e. The molecule has 21 heavy (non-hydrogen) atoms. The molecular weight excluding hydrogens is 264 g/mol. The molecule has 0 radical (unpaired) electrons. The number of rotatable bonds is 7.